The third-order valence-corrected chi connectivity index (χ3v) is 3.63. The number of amides is 1. The SMILES string of the molecule is Cc1cc(C)c(NC(=O)CN(C)Cc2ccc(C)o2)c(Cl)c1. The van der Waals surface area contributed by atoms with E-state index in [-0.39, 0.29) is 12.5 Å². The van der Waals surface area contributed by atoms with Gasteiger partial charge in [0, 0.05) is 0 Å². The van der Waals surface area contributed by atoms with Gasteiger partial charge in [-0.2, -0.15) is 0 Å². The van der Waals surface area contributed by atoms with Gasteiger partial charge in [0.1, 0.15) is 11.5 Å². The van der Waals surface area contributed by atoms with Crippen molar-refractivity contribution in [3.05, 3.63) is 51.9 Å². The maximum absolute atomic E-state index is 12.2. The number of furan rings is 1. The van der Waals surface area contributed by atoms with Crippen molar-refractivity contribution in [2.45, 2.75) is 27.3 Å². The van der Waals surface area contributed by atoms with E-state index in [1.54, 1.807) is 0 Å². The van der Waals surface area contributed by atoms with Crippen LogP contribution in [0.4, 0.5) is 5.69 Å². The fraction of sp³-hybridized carbons (Fsp3) is 0.353. The first-order chi connectivity index (χ1) is 10.3. The van der Waals surface area contributed by atoms with Gasteiger partial charge in [0.25, 0.3) is 0 Å². The van der Waals surface area contributed by atoms with Crippen LogP contribution in [-0.4, -0.2) is 24.4 Å². The van der Waals surface area contributed by atoms with E-state index in [1.807, 2.05) is 57.0 Å². The molecule has 0 spiro atoms. The molecule has 2 rings (SSSR count). The summed E-state index contributed by atoms with van der Waals surface area (Å²) >= 11 is 6.20. The number of nitrogens with zero attached hydrogens (tertiary/aromatic N) is 1. The fourth-order valence-corrected chi connectivity index (χ4v) is 2.76. The van der Waals surface area contributed by atoms with Gasteiger partial charge in [0.2, 0.25) is 5.91 Å². The Morgan fingerprint density at radius 3 is 2.59 bits per heavy atom. The minimum atomic E-state index is -0.0976. The number of benzene rings is 1. The molecule has 22 heavy (non-hydrogen) atoms. The van der Waals surface area contributed by atoms with E-state index < -0.39 is 0 Å². The number of carbonyl (C=O) groups excluding carboxylic acids is 1. The lowest BCUT2D eigenvalue weighted by Gasteiger charge is -2.16. The third-order valence-electron chi connectivity index (χ3n) is 3.33. The van der Waals surface area contributed by atoms with Crippen LogP contribution in [0.3, 0.4) is 0 Å². The molecule has 0 unspecified atom stereocenters. The van der Waals surface area contributed by atoms with E-state index >= 15 is 0 Å². The monoisotopic (exact) mass is 320 g/mol. The third kappa shape index (κ3) is 4.36. The molecule has 0 aliphatic rings. The van der Waals surface area contributed by atoms with E-state index in [1.165, 1.54) is 0 Å². The quantitative estimate of drug-likeness (QED) is 0.908. The van der Waals surface area contributed by atoms with Crippen LogP contribution >= 0.6 is 11.6 Å². The Kier molecular flexibility index (Phi) is 5.27. The van der Waals surface area contributed by atoms with Crippen molar-refractivity contribution in [1.82, 2.24) is 4.90 Å². The normalized spacial score (nSPS) is 11.0. The van der Waals surface area contributed by atoms with Crippen molar-refractivity contribution < 1.29 is 9.21 Å². The Balaban J connectivity index is 1.95. The minimum Gasteiger partial charge on any atom is -0.465 e. The molecule has 0 saturated heterocycles. The standard InChI is InChI=1S/C17H21ClN2O2/c1-11-7-12(2)17(15(18)8-11)19-16(21)10-20(4)9-14-6-5-13(3)22-14/h5-8H,9-10H2,1-4H3,(H,19,21). The van der Waals surface area contributed by atoms with Gasteiger partial charge in [-0.25, -0.2) is 0 Å². The van der Waals surface area contributed by atoms with Crippen LogP contribution in [0.25, 0.3) is 0 Å². The summed E-state index contributed by atoms with van der Waals surface area (Å²) in [5.74, 6) is 1.62. The van der Waals surface area contributed by atoms with E-state index in [0.29, 0.717) is 17.3 Å². The molecule has 5 heteroatoms. The number of likely N-dealkylation sites (N-methyl/N-ethyl adjacent to an activating group) is 1. The predicted molar refractivity (Wildman–Crippen MR) is 89.3 cm³/mol. The molecular weight excluding hydrogens is 300 g/mol. The Bertz CT molecular complexity index is 656. The van der Waals surface area contributed by atoms with E-state index in [0.717, 1.165) is 22.6 Å². The first-order valence-electron chi connectivity index (χ1n) is 7.15. The van der Waals surface area contributed by atoms with Crippen LogP contribution in [0.5, 0.6) is 0 Å². The van der Waals surface area contributed by atoms with Crippen molar-refractivity contribution in [2.24, 2.45) is 0 Å². The maximum atomic E-state index is 12.2. The van der Waals surface area contributed by atoms with Crippen molar-refractivity contribution in [2.75, 3.05) is 18.9 Å². The zero-order chi connectivity index (χ0) is 16.3. The number of hydrogen-bond donors (Lipinski definition) is 1. The molecule has 2 aromatic rings. The average Bonchev–Trinajstić information content (AvgIpc) is 2.79. The molecule has 1 heterocycles. The lowest BCUT2D eigenvalue weighted by Crippen LogP contribution is -2.30. The number of rotatable bonds is 5. The molecule has 1 aromatic carbocycles. The highest BCUT2D eigenvalue weighted by Crippen LogP contribution is 2.27. The highest BCUT2D eigenvalue weighted by atomic mass is 35.5. The second-order valence-electron chi connectivity index (χ2n) is 5.67. The molecule has 0 radical (unpaired) electrons. The molecule has 4 nitrogen and oxygen atoms in total. The molecule has 0 saturated carbocycles. The second kappa shape index (κ2) is 6.99. The summed E-state index contributed by atoms with van der Waals surface area (Å²) < 4.78 is 5.51. The molecule has 0 bridgehead atoms. The molecule has 118 valence electrons. The molecule has 0 aliphatic carbocycles. The number of halogens is 1. The number of nitrogens with one attached hydrogen (secondary N) is 1. The zero-order valence-electron chi connectivity index (χ0n) is 13.4. The smallest absolute Gasteiger partial charge is 0.238 e. The molecule has 0 aliphatic heterocycles. The van der Waals surface area contributed by atoms with E-state index in [9.17, 15) is 4.79 Å². The first-order valence-corrected chi connectivity index (χ1v) is 7.53. The van der Waals surface area contributed by atoms with E-state index in [2.05, 4.69) is 5.32 Å². The van der Waals surface area contributed by atoms with Gasteiger partial charge in [-0.1, -0.05) is 17.7 Å². The lowest BCUT2D eigenvalue weighted by atomic mass is 10.1. The number of hydrogen-bond acceptors (Lipinski definition) is 3. The molecule has 1 aromatic heterocycles. The molecule has 1 N–H and O–H groups in total. The Morgan fingerprint density at radius 2 is 2.00 bits per heavy atom. The predicted octanol–water partition coefficient (Wildman–Crippen LogP) is 3.93. The van der Waals surface area contributed by atoms with Gasteiger partial charge in [0.05, 0.1) is 23.8 Å². The number of aryl methyl sites for hydroxylation is 3. The Hall–Kier alpha value is -1.78. The summed E-state index contributed by atoms with van der Waals surface area (Å²) in [4.78, 5) is 14.1. The minimum absolute atomic E-state index is 0.0976. The van der Waals surface area contributed by atoms with Crippen molar-refractivity contribution in [1.29, 1.82) is 0 Å². The van der Waals surface area contributed by atoms with Crippen molar-refractivity contribution in [3.8, 4) is 0 Å². The van der Waals surface area contributed by atoms with Crippen LogP contribution in [0.15, 0.2) is 28.7 Å². The Morgan fingerprint density at radius 1 is 1.27 bits per heavy atom. The van der Waals surface area contributed by atoms with Gasteiger partial charge < -0.3 is 9.73 Å². The Labute approximate surface area is 136 Å². The topological polar surface area (TPSA) is 45.5 Å². The molecule has 0 fully saturated rings. The van der Waals surface area contributed by atoms with Crippen LogP contribution in [-0.2, 0) is 11.3 Å². The van der Waals surface area contributed by atoms with Crippen LogP contribution in [0.1, 0.15) is 22.6 Å². The van der Waals surface area contributed by atoms with Gasteiger partial charge in [0.15, 0.2) is 0 Å². The number of carbonyl (C=O) groups is 1. The largest absolute Gasteiger partial charge is 0.465 e. The summed E-state index contributed by atoms with van der Waals surface area (Å²) in [6.07, 6.45) is 0. The zero-order valence-corrected chi connectivity index (χ0v) is 14.1. The lowest BCUT2D eigenvalue weighted by molar-refractivity contribution is -0.117. The van der Waals surface area contributed by atoms with Gasteiger partial charge in [-0.3, -0.25) is 9.69 Å². The van der Waals surface area contributed by atoms with Gasteiger partial charge in [-0.15, -0.1) is 0 Å². The fourth-order valence-electron chi connectivity index (χ4n) is 2.39. The summed E-state index contributed by atoms with van der Waals surface area (Å²) in [6.45, 7) is 6.66. The summed E-state index contributed by atoms with van der Waals surface area (Å²) in [5, 5.41) is 3.45. The molecule has 1 amide bonds. The van der Waals surface area contributed by atoms with Crippen LogP contribution in [0, 0.1) is 20.8 Å². The van der Waals surface area contributed by atoms with Crippen LogP contribution in [0.2, 0.25) is 5.02 Å². The highest BCUT2D eigenvalue weighted by Gasteiger charge is 2.12. The summed E-state index contributed by atoms with van der Waals surface area (Å²) in [6, 6.07) is 7.68. The summed E-state index contributed by atoms with van der Waals surface area (Å²) in [5.41, 5.74) is 2.72. The highest BCUT2D eigenvalue weighted by molar-refractivity contribution is 6.34. The molecular formula is C17H21ClN2O2. The van der Waals surface area contributed by atoms with Crippen molar-refractivity contribution >= 4 is 23.2 Å². The number of anilines is 1. The van der Waals surface area contributed by atoms with Gasteiger partial charge in [-0.05, 0) is 57.1 Å². The van der Waals surface area contributed by atoms with Crippen molar-refractivity contribution in [3.63, 3.8) is 0 Å². The molecule has 0 atom stereocenters. The average molecular weight is 321 g/mol. The maximum Gasteiger partial charge on any atom is 0.238 e. The van der Waals surface area contributed by atoms with Gasteiger partial charge >= 0.3 is 0 Å². The van der Waals surface area contributed by atoms with E-state index in [4.69, 9.17) is 16.0 Å². The van der Waals surface area contributed by atoms with Crippen LogP contribution < -0.4 is 5.32 Å². The second-order valence-corrected chi connectivity index (χ2v) is 6.08. The summed E-state index contributed by atoms with van der Waals surface area (Å²) in [7, 11) is 1.88. The first kappa shape index (κ1) is 16.6.